The zero-order valence-electron chi connectivity index (χ0n) is 35.1. The summed E-state index contributed by atoms with van der Waals surface area (Å²) in [5.74, 6) is -2.73. The highest BCUT2D eigenvalue weighted by Crippen LogP contribution is 2.46. The van der Waals surface area contributed by atoms with E-state index in [1.54, 1.807) is 6.07 Å². The van der Waals surface area contributed by atoms with Gasteiger partial charge in [0.25, 0.3) is 11.8 Å². The molecule has 2 aliphatic heterocycles. The maximum atomic E-state index is 14.8. The average Bonchev–Trinajstić information content (AvgIpc) is 4.06. The topological polar surface area (TPSA) is 199 Å². The minimum atomic E-state index is -4.57. The minimum Gasteiger partial charge on any atom is -0.470 e. The molecule has 4 amide bonds. The monoisotopic (exact) mass is 906 g/mol. The number of aromatic nitrogens is 2. The van der Waals surface area contributed by atoms with Gasteiger partial charge in [0, 0.05) is 23.3 Å². The molecule has 19 heteroatoms. The Morgan fingerprint density at radius 3 is 2.42 bits per heavy atom. The predicted molar refractivity (Wildman–Crippen MR) is 226 cm³/mol. The number of rotatable bonds is 8. The highest BCUT2D eigenvalue weighted by Gasteiger charge is 2.62. The summed E-state index contributed by atoms with van der Waals surface area (Å²) in [5.41, 5.74) is -0.488. The Balaban J connectivity index is 1.06. The molecule has 3 aliphatic carbocycles. The zero-order valence-corrected chi connectivity index (χ0v) is 35.9. The first-order valence-corrected chi connectivity index (χ1v) is 23.5. The van der Waals surface area contributed by atoms with Gasteiger partial charge in [-0.2, -0.15) is 18.2 Å². The number of fused-ring (bicyclic) bond motifs is 5. The number of hydrogen-bond acceptors (Lipinski definition) is 11. The van der Waals surface area contributed by atoms with E-state index in [9.17, 15) is 40.8 Å². The van der Waals surface area contributed by atoms with Gasteiger partial charge in [-0.15, -0.1) is 0 Å². The SMILES string of the molecule is Cc1cccc2c1oc1c(O[C@@H]3C[C@H]4C(=O)N[C@]5(C(=O)NS(=O)(=O)C6CC6)C[C@H]5/C=C\CCCCC[C@H](NC(=O)OC5CCCC5)C(=O)N4C3)nc(-c3ccc(C(F)(F)F)cc3)nc12. The van der Waals surface area contributed by atoms with Gasteiger partial charge in [-0.3, -0.25) is 19.1 Å². The number of nitrogens with zero attached hydrogens (tertiary/aromatic N) is 3. The summed E-state index contributed by atoms with van der Waals surface area (Å²) in [7, 11) is -3.97. The number of alkyl halides is 3. The maximum Gasteiger partial charge on any atom is 0.416 e. The molecule has 4 heterocycles. The van der Waals surface area contributed by atoms with E-state index < -0.39 is 80.5 Å². The Morgan fingerprint density at radius 2 is 1.69 bits per heavy atom. The number of halogens is 3. The first kappa shape index (κ1) is 43.5. The Hall–Kier alpha value is -5.72. The molecule has 9 rings (SSSR count). The standard InChI is InChI=1S/C45H49F3N6O9S/c1-25-10-9-14-32-35-37(63-36(25)32)40(51-38(50-35)26-16-18-27(19-17-26)45(46,47)48)61-30-22-34-39(55)52-44(42(57)53-64(59,60)31-20-21-31)23-28(44)11-5-3-2-4-6-15-33(41(56)54(34)24-30)49-43(58)62-29-12-7-8-13-29/h5,9-11,14,16-19,28-31,33-34H,2-4,6-8,12-13,15,20-24H2,1H3,(H,49,58)(H,52,55)(H,53,57)/b11-5-/t28-,30-,33+,34+,44-/m1/s1. The fourth-order valence-electron chi connectivity index (χ4n) is 9.14. The lowest BCUT2D eigenvalue weighted by Gasteiger charge is -2.30. The summed E-state index contributed by atoms with van der Waals surface area (Å²) in [5, 5.41) is 5.53. The zero-order chi connectivity index (χ0) is 45.0. The molecule has 64 heavy (non-hydrogen) atoms. The lowest BCUT2D eigenvalue weighted by molar-refractivity contribution is -0.141. The molecule has 2 aromatic carbocycles. The van der Waals surface area contributed by atoms with Gasteiger partial charge in [-0.1, -0.05) is 49.3 Å². The van der Waals surface area contributed by atoms with Crippen molar-refractivity contribution in [1.82, 2.24) is 30.2 Å². The van der Waals surface area contributed by atoms with Crippen LogP contribution in [0.15, 0.2) is 59.0 Å². The van der Waals surface area contributed by atoms with Crippen LogP contribution in [0.1, 0.15) is 94.6 Å². The second-order valence-electron chi connectivity index (χ2n) is 17.7. The van der Waals surface area contributed by atoms with Crippen LogP contribution in [-0.2, 0) is 35.3 Å². The van der Waals surface area contributed by atoms with Crippen molar-refractivity contribution in [3.8, 4) is 17.3 Å². The molecule has 5 aliphatic rings. The van der Waals surface area contributed by atoms with E-state index in [-0.39, 0.29) is 54.8 Å². The highest BCUT2D eigenvalue weighted by molar-refractivity contribution is 7.91. The summed E-state index contributed by atoms with van der Waals surface area (Å²) in [6, 6.07) is 7.43. The summed E-state index contributed by atoms with van der Waals surface area (Å²) in [6.45, 7) is 1.65. The molecule has 4 fully saturated rings. The van der Waals surface area contributed by atoms with Crippen molar-refractivity contribution in [2.75, 3.05) is 6.54 Å². The van der Waals surface area contributed by atoms with Crippen LogP contribution in [0.5, 0.6) is 5.88 Å². The maximum absolute atomic E-state index is 14.8. The number of benzene rings is 2. The predicted octanol–water partition coefficient (Wildman–Crippen LogP) is 6.76. The van der Waals surface area contributed by atoms with Gasteiger partial charge in [0.1, 0.15) is 40.9 Å². The van der Waals surface area contributed by atoms with Crippen molar-refractivity contribution < 1.29 is 54.7 Å². The van der Waals surface area contributed by atoms with Gasteiger partial charge in [-0.05, 0) is 94.9 Å². The van der Waals surface area contributed by atoms with Gasteiger partial charge in [0.15, 0.2) is 5.82 Å². The Bertz CT molecular complexity index is 2630. The highest BCUT2D eigenvalue weighted by atomic mass is 32.2. The summed E-state index contributed by atoms with van der Waals surface area (Å²) < 4.78 is 87.2. The molecule has 5 atom stereocenters. The first-order valence-electron chi connectivity index (χ1n) is 22.0. The van der Waals surface area contributed by atoms with Crippen molar-refractivity contribution in [3.63, 3.8) is 0 Å². The fourth-order valence-corrected chi connectivity index (χ4v) is 10.5. The molecule has 1 saturated heterocycles. The smallest absolute Gasteiger partial charge is 0.416 e. The number of carbonyl (C=O) groups excluding carboxylic acids is 4. The lowest BCUT2D eigenvalue weighted by Crippen LogP contribution is -2.58. The Kier molecular flexibility index (Phi) is 11.6. The average molecular weight is 907 g/mol. The molecule has 0 radical (unpaired) electrons. The lowest BCUT2D eigenvalue weighted by atomic mass is 10.0. The molecule has 340 valence electrons. The minimum absolute atomic E-state index is 0.0362. The van der Waals surface area contributed by atoms with Crippen LogP contribution in [0.4, 0.5) is 18.0 Å². The van der Waals surface area contributed by atoms with Gasteiger partial charge in [0.2, 0.25) is 27.4 Å². The third-order valence-electron chi connectivity index (χ3n) is 13.0. The van der Waals surface area contributed by atoms with E-state index in [1.807, 2.05) is 31.2 Å². The second-order valence-corrected chi connectivity index (χ2v) is 19.6. The van der Waals surface area contributed by atoms with Gasteiger partial charge < -0.3 is 29.4 Å². The Labute approximate surface area is 366 Å². The molecule has 0 bridgehead atoms. The van der Waals surface area contributed by atoms with Crippen molar-refractivity contribution in [1.29, 1.82) is 0 Å². The molecule has 2 aromatic heterocycles. The molecule has 15 nitrogen and oxygen atoms in total. The normalized spacial score (nSPS) is 26.3. The third kappa shape index (κ3) is 8.87. The largest absolute Gasteiger partial charge is 0.470 e. The second kappa shape index (κ2) is 17.0. The number of amides is 4. The van der Waals surface area contributed by atoms with Crippen LogP contribution in [0.2, 0.25) is 0 Å². The molecule has 3 N–H and O–H groups in total. The molecular weight excluding hydrogens is 858 g/mol. The van der Waals surface area contributed by atoms with E-state index in [0.29, 0.717) is 61.4 Å². The molecule has 0 unspecified atom stereocenters. The number of nitrogens with one attached hydrogen (secondary N) is 3. The third-order valence-corrected chi connectivity index (χ3v) is 14.8. The molecule has 3 saturated carbocycles. The van der Waals surface area contributed by atoms with Crippen LogP contribution in [0.25, 0.3) is 33.5 Å². The number of ether oxygens (including phenoxy) is 2. The van der Waals surface area contributed by atoms with Crippen LogP contribution in [0.3, 0.4) is 0 Å². The number of para-hydroxylation sites is 1. The van der Waals surface area contributed by atoms with E-state index in [0.717, 1.165) is 37.0 Å². The van der Waals surface area contributed by atoms with Crippen molar-refractivity contribution in [3.05, 3.63) is 65.7 Å². The van der Waals surface area contributed by atoms with E-state index in [2.05, 4.69) is 20.3 Å². The number of aryl methyl sites for hydroxylation is 1. The quantitative estimate of drug-likeness (QED) is 0.158. The number of furan rings is 1. The van der Waals surface area contributed by atoms with Crippen molar-refractivity contribution >= 4 is 55.9 Å². The molecular formula is C45H49F3N6O9S. The number of alkyl carbamates (subject to hydrolysis) is 1. The van der Waals surface area contributed by atoms with E-state index >= 15 is 0 Å². The van der Waals surface area contributed by atoms with E-state index in [4.69, 9.17) is 18.9 Å². The van der Waals surface area contributed by atoms with Crippen LogP contribution >= 0.6 is 0 Å². The summed E-state index contributed by atoms with van der Waals surface area (Å²) in [4.78, 5) is 67.2. The van der Waals surface area contributed by atoms with Gasteiger partial charge in [0.05, 0.1) is 17.4 Å². The van der Waals surface area contributed by atoms with E-state index in [1.165, 1.54) is 17.0 Å². The number of sulfonamides is 1. The molecule has 4 aromatic rings. The summed E-state index contributed by atoms with van der Waals surface area (Å²) >= 11 is 0. The Morgan fingerprint density at radius 1 is 0.938 bits per heavy atom. The summed E-state index contributed by atoms with van der Waals surface area (Å²) in [6.07, 6.45) is 4.22. The molecule has 0 spiro atoms. The van der Waals surface area contributed by atoms with Crippen molar-refractivity contribution in [2.45, 2.75) is 132 Å². The van der Waals surface area contributed by atoms with Crippen LogP contribution in [0, 0.1) is 12.8 Å². The van der Waals surface area contributed by atoms with Crippen LogP contribution in [-0.4, -0.2) is 88.7 Å². The number of carbonyl (C=O) groups is 4. The number of allylic oxidation sites excluding steroid dienone is 1. The van der Waals surface area contributed by atoms with Crippen LogP contribution < -0.4 is 20.1 Å². The van der Waals surface area contributed by atoms with Crippen molar-refractivity contribution in [2.24, 2.45) is 5.92 Å². The fraction of sp³-hybridized carbons (Fsp3) is 0.511. The van der Waals surface area contributed by atoms with Gasteiger partial charge >= 0.3 is 12.3 Å². The first-order chi connectivity index (χ1) is 30.6. The number of hydrogen-bond donors (Lipinski definition) is 3. The van der Waals surface area contributed by atoms with Gasteiger partial charge in [-0.25, -0.2) is 18.2 Å².